The van der Waals surface area contributed by atoms with Crippen molar-refractivity contribution in [1.29, 1.82) is 5.26 Å². The first kappa shape index (κ1) is 11.2. The third kappa shape index (κ3) is 1.98. The van der Waals surface area contributed by atoms with Gasteiger partial charge >= 0.3 is 0 Å². The zero-order valence-corrected chi connectivity index (χ0v) is 9.98. The standard InChI is InChI=1S/C13H10N6/c14-6-9-2-1-3-12-17-7-10(19(12)8-9)13-16-5-4-11(15)18-13/h1,3-5,7-8H,2H2,(H2,15,16,18). The van der Waals surface area contributed by atoms with Crippen LogP contribution >= 0.6 is 0 Å². The number of nitriles is 1. The van der Waals surface area contributed by atoms with Crippen LogP contribution in [0.15, 0.2) is 30.1 Å². The van der Waals surface area contributed by atoms with Crippen LogP contribution < -0.4 is 5.73 Å². The summed E-state index contributed by atoms with van der Waals surface area (Å²) in [5.41, 5.74) is 7.02. The van der Waals surface area contributed by atoms with Gasteiger partial charge in [-0.15, -0.1) is 0 Å². The number of hydrogen-bond donors (Lipinski definition) is 1. The number of nitrogens with two attached hydrogens (primary N) is 1. The number of aromatic nitrogens is 4. The van der Waals surface area contributed by atoms with Gasteiger partial charge in [0, 0.05) is 24.4 Å². The van der Waals surface area contributed by atoms with Crippen molar-refractivity contribution >= 4 is 18.1 Å². The highest BCUT2D eigenvalue weighted by Crippen LogP contribution is 2.22. The topological polar surface area (TPSA) is 93.4 Å². The fourth-order valence-electron chi connectivity index (χ4n) is 1.87. The molecular weight excluding hydrogens is 240 g/mol. The highest BCUT2D eigenvalue weighted by Gasteiger charge is 2.13. The Morgan fingerprint density at radius 2 is 2.26 bits per heavy atom. The van der Waals surface area contributed by atoms with E-state index < -0.39 is 0 Å². The average molecular weight is 250 g/mol. The van der Waals surface area contributed by atoms with Crippen molar-refractivity contribution in [1.82, 2.24) is 19.5 Å². The molecule has 2 aromatic rings. The van der Waals surface area contributed by atoms with Crippen molar-refractivity contribution < 1.29 is 0 Å². The van der Waals surface area contributed by atoms with Gasteiger partial charge in [-0.25, -0.2) is 15.0 Å². The van der Waals surface area contributed by atoms with Crippen LogP contribution in [0.3, 0.4) is 0 Å². The van der Waals surface area contributed by atoms with E-state index in [0.29, 0.717) is 29.3 Å². The highest BCUT2D eigenvalue weighted by atomic mass is 15.1. The van der Waals surface area contributed by atoms with Gasteiger partial charge in [-0.3, -0.25) is 4.57 Å². The van der Waals surface area contributed by atoms with E-state index in [4.69, 9.17) is 11.0 Å². The van der Waals surface area contributed by atoms with E-state index >= 15 is 0 Å². The number of nitrogens with zero attached hydrogens (tertiary/aromatic N) is 5. The van der Waals surface area contributed by atoms with Crippen molar-refractivity contribution in [3.8, 4) is 17.6 Å². The SMILES string of the molecule is N#CC1=Cn2c(-c3nccc(N)n3)cnc2C=CC1. The quantitative estimate of drug-likeness (QED) is 0.831. The van der Waals surface area contributed by atoms with E-state index in [1.807, 2.05) is 12.2 Å². The van der Waals surface area contributed by atoms with Gasteiger partial charge in [0.25, 0.3) is 0 Å². The molecule has 1 aliphatic heterocycles. The van der Waals surface area contributed by atoms with E-state index in [2.05, 4.69) is 21.0 Å². The second kappa shape index (κ2) is 4.38. The minimum atomic E-state index is 0.397. The van der Waals surface area contributed by atoms with Crippen molar-refractivity contribution in [2.75, 3.05) is 5.73 Å². The zero-order valence-electron chi connectivity index (χ0n) is 9.98. The fourth-order valence-corrected chi connectivity index (χ4v) is 1.87. The Bertz CT molecular complexity index is 732. The molecule has 0 amide bonds. The van der Waals surface area contributed by atoms with Gasteiger partial charge in [0.05, 0.1) is 12.3 Å². The van der Waals surface area contributed by atoms with Gasteiger partial charge in [-0.1, -0.05) is 6.08 Å². The molecule has 0 atom stereocenters. The van der Waals surface area contributed by atoms with Crippen LogP contribution in [0.5, 0.6) is 0 Å². The minimum Gasteiger partial charge on any atom is -0.384 e. The first-order valence-electron chi connectivity index (χ1n) is 5.71. The van der Waals surface area contributed by atoms with Crippen molar-refractivity contribution in [2.45, 2.75) is 6.42 Å². The molecule has 0 unspecified atom stereocenters. The van der Waals surface area contributed by atoms with Gasteiger partial charge in [-0.05, 0) is 12.1 Å². The Morgan fingerprint density at radius 1 is 1.37 bits per heavy atom. The van der Waals surface area contributed by atoms with E-state index in [1.165, 1.54) is 0 Å². The summed E-state index contributed by atoms with van der Waals surface area (Å²) in [6.45, 7) is 0. The molecule has 0 saturated carbocycles. The third-order valence-corrected chi connectivity index (χ3v) is 2.76. The van der Waals surface area contributed by atoms with E-state index in [1.54, 1.807) is 29.2 Å². The number of imidazole rings is 1. The summed E-state index contributed by atoms with van der Waals surface area (Å²) in [5.74, 6) is 1.63. The molecule has 0 aromatic carbocycles. The van der Waals surface area contributed by atoms with Crippen LogP contribution in [0, 0.1) is 11.3 Å². The lowest BCUT2D eigenvalue weighted by Crippen LogP contribution is -1.99. The lowest BCUT2D eigenvalue weighted by atomic mass is 10.2. The zero-order chi connectivity index (χ0) is 13.2. The molecule has 0 bridgehead atoms. The minimum absolute atomic E-state index is 0.397. The molecule has 1 aliphatic rings. The van der Waals surface area contributed by atoms with Gasteiger partial charge in [-0.2, -0.15) is 5.26 Å². The summed E-state index contributed by atoms with van der Waals surface area (Å²) in [5, 5.41) is 9.05. The molecule has 0 saturated heterocycles. The first-order valence-corrected chi connectivity index (χ1v) is 5.71. The smallest absolute Gasteiger partial charge is 0.180 e. The van der Waals surface area contributed by atoms with E-state index in [-0.39, 0.29) is 0 Å². The van der Waals surface area contributed by atoms with Crippen LogP contribution in [0.2, 0.25) is 0 Å². The van der Waals surface area contributed by atoms with E-state index in [9.17, 15) is 0 Å². The number of fused-ring (bicyclic) bond motifs is 1. The predicted octanol–water partition coefficient (Wildman–Crippen LogP) is 1.70. The molecule has 2 N–H and O–H groups in total. The lowest BCUT2D eigenvalue weighted by molar-refractivity contribution is 1.07. The normalized spacial score (nSPS) is 13.3. The Balaban J connectivity index is 2.19. The summed E-state index contributed by atoms with van der Waals surface area (Å²) >= 11 is 0. The fraction of sp³-hybridized carbons (Fsp3) is 0.0769. The Hall–Kier alpha value is -2.94. The van der Waals surface area contributed by atoms with Gasteiger partial charge in [0.2, 0.25) is 0 Å². The summed E-state index contributed by atoms with van der Waals surface area (Å²) in [6, 6.07) is 3.79. The summed E-state index contributed by atoms with van der Waals surface area (Å²) in [4.78, 5) is 12.7. The molecule has 2 aromatic heterocycles. The lowest BCUT2D eigenvalue weighted by Gasteiger charge is -2.04. The average Bonchev–Trinajstić information content (AvgIpc) is 2.69. The Morgan fingerprint density at radius 3 is 3.05 bits per heavy atom. The maximum absolute atomic E-state index is 9.05. The van der Waals surface area contributed by atoms with Gasteiger partial charge < -0.3 is 5.73 Å². The molecule has 0 fully saturated rings. The van der Waals surface area contributed by atoms with Crippen LogP contribution in [-0.4, -0.2) is 19.5 Å². The molecule has 6 nitrogen and oxygen atoms in total. The van der Waals surface area contributed by atoms with E-state index in [0.717, 1.165) is 5.82 Å². The Kier molecular flexibility index (Phi) is 2.58. The summed E-state index contributed by atoms with van der Waals surface area (Å²) in [7, 11) is 0. The second-order valence-corrected chi connectivity index (χ2v) is 4.05. The molecule has 3 rings (SSSR count). The number of hydrogen-bond acceptors (Lipinski definition) is 5. The van der Waals surface area contributed by atoms with Crippen LogP contribution in [0.1, 0.15) is 12.2 Å². The highest BCUT2D eigenvalue weighted by molar-refractivity contribution is 5.63. The second-order valence-electron chi connectivity index (χ2n) is 4.05. The number of rotatable bonds is 1. The molecule has 0 spiro atoms. The number of nitrogen functional groups attached to an aromatic ring is 1. The van der Waals surface area contributed by atoms with Crippen molar-refractivity contribution in [3.05, 3.63) is 35.9 Å². The monoisotopic (exact) mass is 250 g/mol. The predicted molar refractivity (Wildman–Crippen MR) is 71.2 cm³/mol. The largest absolute Gasteiger partial charge is 0.384 e. The third-order valence-electron chi connectivity index (χ3n) is 2.76. The van der Waals surface area contributed by atoms with Crippen LogP contribution in [0.4, 0.5) is 5.82 Å². The van der Waals surface area contributed by atoms with Gasteiger partial charge in [0.15, 0.2) is 5.82 Å². The maximum atomic E-state index is 9.05. The molecular formula is C13H10N6. The van der Waals surface area contributed by atoms with Crippen LogP contribution in [-0.2, 0) is 0 Å². The molecule has 19 heavy (non-hydrogen) atoms. The molecule has 92 valence electrons. The molecule has 6 heteroatoms. The molecule has 3 heterocycles. The first-order chi connectivity index (χ1) is 9.28. The van der Waals surface area contributed by atoms with Gasteiger partial charge in [0.1, 0.15) is 17.3 Å². The van der Waals surface area contributed by atoms with Crippen molar-refractivity contribution in [2.24, 2.45) is 0 Å². The van der Waals surface area contributed by atoms with Crippen molar-refractivity contribution in [3.63, 3.8) is 0 Å². The number of anilines is 1. The molecule has 0 aliphatic carbocycles. The molecule has 0 radical (unpaired) electrons. The summed E-state index contributed by atoms with van der Waals surface area (Å²) < 4.78 is 1.80. The number of allylic oxidation sites excluding steroid dienone is 2. The summed E-state index contributed by atoms with van der Waals surface area (Å²) in [6.07, 6.45) is 9.40. The Labute approximate surface area is 109 Å². The van der Waals surface area contributed by atoms with Crippen LogP contribution in [0.25, 0.3) is 23.8 Å². The maximum Gasteiger partial charge on any atom is 0.180 e.